The Morgan fingerprint density at radius 1 is 1.40 bits per heavy atom. The van der Waals surface area contributed by atoms with Crippen LogP contribution >= 0.6 is 0 Å². The fourth-order valence-electron chi connectivity index (χ4n) is 2.75. The van der Waals surface area contributed by atoms with Crippen molar-refractivity contribution in [3.63, 3.8) is 0 Å². The van der Waals surface area contributed by atoms with Crippen LogP contribution < -0.4 is 5.32 Å². The van der Waals surface area contributed by atoms with Crippen LogP contribution in [0.25, 0.3) is 5.82 Å². The Bertz CT molecular complexity index is 520. The number of nitrogens with zero attached hydrogens (tertiary/aromatic N) is 4. The minimum Gasteiger partial charge on any atom is -0.316 e. The highest BCUT2D eigenvalue weighted by molar-refractivity contribution is 5.25. The number of likely N-dealkylation sites (N-methyl/N-ethyl adjacent to an activating group) is 1. The largest absolute Gasteiger partial charge is 0.316 e. The molecule has 20 heavy (non-hydrogen) atoms. The third-order valence-corrected chi connectivity index (χ3v) is 3.90. The van der Waals surface area contributed by atoms with Crippen molar-refractivity contribution in [3.8, 4) is 5.82 Å². The van der Waals surface area contributed by atoms with Crippen LogP contribution in [0.5, 0.6) is 0 Å². The average molecular weight is 271 g/mol. The first-order chi connectivity index (χ1) is 9.85. The second kappa shape index (κ2) is 6.15. The Kier molecular flexibility index (Phi) is 4.08. The SMILES string of the molecule is CNC1CCCN(Cc2ccc(-n3ccnc3)nc2)C1. The summed E-state index contributed by atoms with van der Waals surface area (Å²) in [6.07, 6.45) is 9.96. The van der Waals surface area contributed by atoms with Gasteiger partial charge in [-0.3, -0.25) is 9.47 Å². The molecule has 1 aliphatic rings. The minimum absolute atomic E-state index is 0.627. The fourth-order valence-corrected chi connectivity index (χ4v) is 2.75. The van der Waals surface area contributed by atoms with Gasteiger partial charge in [-0.15, -0.1) is 0 Å². The van der Waals surface area contributed by atoms with Crippen LogP contribution in [0.2, 0.25) is 0 Å². The Balaban J connectivity index is 1.63. The van der Waals surface area contributed by atoms with Crippen LogP contribution in [-0.4, -0.2) is 45.6 Å². The molecule has 1 aliphatic heterocycles. The van der Waals surface area contributed by atoms with Gasteiger partial charge in [0.15, 0.2) is 0 Å². The third-order valence-electron chi connectivity index (χ3n) is 3.90. The van der Waals surface area contributed by atoms with Gasteiger partial charge in [-0.05, 0) is 38.1 Å². The Hall–Kier alpha value is -1.72. The molecule has 1 atom stereocenters. The van der Waals surface area contributed by atoms with Gasteiger partial charge < -0.3 is 5.32 Å². The van der Waals surface area contributed by atoms with Gasteiger partial charge in [-0.25, -0.2) is 9.97 Å². The first-order valence-corrected chi connectivity index (χ1v) is 7.18. The van der Waals surface area contributed by atoms with E-state index in [0.717, 1.165) is 18.9 Å². The molecular formula is C15H21N5. The van der Waals surface area contributed by atoms with E-state index >= 15 is 0 Å². The smallest absolute Gasteiger partial charge is 0.137 e. The lowest BCUT2D eigenvalue weighted by Gasteiger charge is -2.32. The van der Waals surface area contributed by atoms with E-state index in [1.54, 1.807) is 12.5 Å². The van der Waals surface area contributed by atoms with Gasteiger partial charge in [0.1, 0.15) is 12.1 Å². The number of nitrogens with one attached hydrogen (secondary N) is 1. The van der Waals surface area contributed by atoms with Gasteiger partial charge in [-0.2, -0.15) is 0 Å². The molecule has 0 radical (unpaired) electrons. The maximum atomic E-state index is 4.51. The summed E-state index contributed by atoms with van der Waals surface area (Å²) in [5, 5.41) is 3.38. The van der Waals surface area contributed by atoms with Crippen LogP contribution in [0, 0.1) is 0 Å². The molecule has 0 saturated carbocycles. The highest BCUT2D eigenvalue weighted by atomic mass is 15.2. The fraction of sp³-hybridized carbons (Fsp3) is 0.467. The molecule has 0 amide bonds. The molecule has 3 rings (SSSR count). The van der Waals surface area contributed by atoms with Crippen molar-refractivity contribution in [3.05, 3.63) is 42.6 Å². The third kappa shape index (κ3) is 3.05. The van der Waals surface area contributed by atoms with Crippen molar-refractivity contribution < 1.29 is 0 Å². The van der Waals surface area contributed by atoms with E-state index in [1.165, 1.54) is 24.9 Å². The van der Waals surface area contributed by atoms with Gasteiger partial charge in [0.25, 0.3) is 0 Å². The number of hydrogen-bond donors (Lipinski definition) is 1. The summed E-state index contributed by atoms with van der Waals surface area (Å²) in [7, 11) is 2.05. The average Bonchev–Trinajstić information content (AvgIpc) is 3.02. The van der Waals surface area contributed by atoms with Crippen LogP contribution in [0.3, 0.4) is 0 Å². The van der Waals surface area contributed by atoms with Crippen LogP contribution in [0.4, 0.5) is 0 Å². The van der Waals surface area contributed by atoms with Crippen molar-refractivity contribution in [1.29, 1.82) is 0 Å². The summed E-state index contributed by atoms with van der Waals surface area (Å²) in [6, 6.07) is 4.84. The summed E-state index contributed by atoms with van der Waals surface area (Å²) in [5.41, 5.74) is 1.27. The zero-order chi connectivity index (χ0) is 13.8. The van der Waals surface area contributed by atoms with Crippen LogP contribution in [0.15, 0.2) is 37.1 Å². The molecule has 1 unspecified atom stereocenters. The lowest BCUT2D eigenvalue weighted by Crippen LogP contribution is -2.43. The highest BCUT2D eigenvalue weighted by Crippen LogP contribution is 2.14. The molecule has 2 aromatic heterocycles. The molecule has 0 bridgehead atoms. The number of pyridine rings is 1. The highest BCUT2D eigenvalue weighted by Gasteiger charge is 2.18. The van der Waals surface area contributed by atoms with Gasteiger partial charge >= 0.3 is 0 Å². The summed E-state index contributed by atoms with van der Waals surface area (Å²) >= 11 is 0. The van der Waals surface area contributed by atoms with E-state index in [1.807, 2.05) is 17.0 Å². The predicted octanol–water partition coefficient (Wildman–Crippen LogP) is 1.45. The number of hydrogen-bond acceptors (Lipinski definition) is 4. The molecule has 0 spiro atoms. The van der Waals surface area contributed by atoms with E-state index in [9.17, 15) is 0 Å². The molecule has 0 aliphatic carbocycles. The van der Waals surface area contributed by atoms with Crippen molar-refractivity contribution in [1.82, 2.24) is 24.8 Å². The van der Waals surface area contributed by atoms with Gasteiger partial charge in [0.05, 0.1) is 0 Å². The quantitative estimate of drug-likeness (QED) is 0.914. The molecule has 5 heteroatoms. The maximum absolute atomic E-state index is 4.51. The zero-order valence-corrected chi connectivity index (χ0v) is 11.9. The molecule has 5 nitrogen and oxygen atoms in total. The van der Waals surface area contributed by atoms with Gasteiger partial charge in [-0.1, -0.05) is 6.07 Å². The molecule has 106 valence electrons. The van der Waals surface area contributed by atoms with E-state index in [2.05, 4.69) is 39.4 Å². The molecule has 1 fully saturated rings. The molecular weight excluding hydrogens is 250 g/mol. The molecule has 0 aromatic carbocycles. The Labute approximate surface area is 119 Å². The zero-order valence-electron chi connectivity index (χ0n) is 11.9. The van der Waals surface area contributed by atoms with E-state index in [0.29, 0.717) is 6.04 Å². The number of aromatic nitrogens is 3. The summed E-state index contributed by atoms with van der Waals surface area (Å²) in [5.74, 6) is 0.915. The summed E-state index contributed by atoms with van der Waals surface area (Å²) in [4.78, 5) is 11.0. The minimum atomic E-state index is 0.627. The van der Waals surface area contributed by atoms with E-state index in [-0.39, 0.29) is 0 Å². The topological polar surface area (TPSA) is 46.0 Å². The maximum Gasteiger partial charge on any atom is 0.137 e. The molecule has 1 saturated heterocycles. The first-order valence-electron chi connectivity index (χ1n) is 7.18. The van der Waals surface area contributed by atoms with Crippen LogP contribution in [-0.2, 0) is 6.54 Å². The van der Waals surface area contributed by atoms with Crippen molar-refractivity contribution in [2.24, 2.45) is 0 Å². The number of piperidine rings is 1. The normalized spacial score (nSPS) is 20.1. The predicted molar refractivity (Wildman–Crippen MR) is 78.7 cm³/mol. The Morgan fingerprint density at radius 2 is 2.35 bits per heavy atom. The second-order valence-corrected chi connectivity index (χ2v) is 5.36. The summed E-state index contributed by atoms with van der Waals surface area (Å²) < 4.78 is 1.92. The van der Waals surface area contributed by atoms with Crippen LogP contribution in [0.1, 0.15) is 18.4 Å². The lowest BCUT2D eigenvalue weighted by atomic mass is 10.1. The van der Waals surface area contributed by atoms with Crippen molar-refractivity contribution in [2.45, 2.75) is 25.4 Å². The molecule has 3 heterocycles. The van der Waals surface area contributed by atoms with Crippen molar-refractivity contribution in [2.75, 3.05) is 20.1 Å². The Morgan fingerprint density at radius 3 is 3.05 bits per heavy atom. The van der Waals surface area contributed by atoms with Gasteiger partial charge in [0, 0.05) is 37.7 Å². The van der Waals surface area contributed by atoms with Crippen molar-refractivity contribution >= 4 is 0 Å². The molecule has 1 N–H and O–H groups in total. The number of rotatable bonds is 4. The standard InChI is InChI=1S/C15H21N5/c1-16-14-3-2-7-19(11-14)10-13-4-5-15(18-9-13)20-8-6-17-12-20/h4-6,8-9,12,14,16H,2-3,7,10-11H2,1H3. The summed E-state index contributed by atoms with van der Waals surface area (Å²) in [6.45, 7) is 3.29. The molecule has 2 aromatic rings. The second-order valence-electron chi connectivity index (χ2n) is 5.36. The van der Waals surface area contributed by atoms with E-state index in [4.69, 9.17) is 0 Å². The first kappa shape index (κ1) is 13.3. The van der Waals surface area contributed by atoms with Gasteiger partial charge in [0.2, 0.25) is 0 Å². The number of imidazole rings is 1. The monoisotopic (exact) mass is 271 g/mol. The number of likely N-dealkylation sites (tertiary alicyclic amines) is 1. The van der Waals surface area contributed by atoms with E-state index < -0.39 is 0 Å². The lowest BCUT2D eigenvalue weighted by molar-refractivity contribution is 0.188.